The van der Waals surface area contributed by atoms with Crippen molar-refractivity contribution in [2.24, 2.45) is 5.92 Å². The van der Waals surface area contributed by atoms with Gasteiger partial charge in [-0.2, -0.15) is 0 Å². The largest absolute Gasteiger partial charge is 0.495 e. The number of nitrogens with zero attached hydrogens (tertiary/aromatic N) is 2. The number of anilines is 1. The molecule has 0 aromatic heterocycles. The molecule has 0 aliphatic carbocycles. The fraction of sp³-hybridized carbons (Fsp3) is 0.611. The molecular formula is C18H28N2O3. The molecule has 0 N–H and O–H groups in total. The average Bonchev–Trinajstić information content (AvgIpc) is 2.53. The highest BCUT2D eigenvalue weighted by Crippen LogP contribution is 2.35. The molecule has 1 aromatic rings. The molecule has 1 aliphatic heterocycles. The van der Waals surface area contributed by atoms with Gasteiger partial charge in [0.1, 0.15) is 5.75 Å². The van der Waals surface area contributed by atoms with E-state index in [4.69, 9.17) is 9.47 Å². The zero-order valence-electron chi connectivity index (χ0n) is 14.8. The molecular weight excluding hydrogens is 292 g/mol. The third-order valence-corrected chi connectivity index (χ3v) is 4.71. The van der Waals surface area contributed by atoms with Crippen molar-refractivity contribution in [2.45, 2.75) is 39.3 Å². The normalized spacial score (nSPS) is 25.0. The topological polar surface area (TPSA) is 42.0 Å². The van der Waals surface area contributed by atoms with Crippen LogP contribution in [0.3, 0.4) is 0 Å². The van der Waals surface area contributed by atoms with Gasteiger partial charge in [-0.1, -0.05) is 19.1 Å². The summed E-state index contributed by atoms with van der Waals surface area (Å²) in [5, 5.41) is 0. The van der Waals surface area contributed by atoms with Crippen LogP contribution in [-0.2, 0) is 4.74 Å². The third kappa shape index (κ3) is 3.78. The first kappa shape index (κ1) is 17.6. The number of carbonyl (C=O) groups is 1. The average molecular weight is 320 g/mol. The Kier molecular flexibility index (Phi) is 5.88. The third-order valence-electron chi connectivity index (χ3n) is 4.71. The van der Waals surface area contributed by atoms with E-state index in [1.54, 1.807) is 12.0 Å². The molecule has 1 aromatic carbocycles. The molecule has 3 unspecified atom stereocenters. The number of likely N-dealkylation sites (tertiary alicyclic amines) is 1. The number of piperidine rings is 1. The highest BCUT2D eigenvalue weighted by molar-refractivity contribution is 5.90. The molecule has 1 amide bonds. The van der Waals surface area contributed by atoms with Gasteiger partial charge in [-0.25, -0.2) is 4.79 Å². The first-order chi connectivity index (χ1) is 11.0. The summed E-state index contributed by atoms with van der Waals surface area (Å²) in [5.41, 5.74) is 0.780. The minimum Gasteiger partial charge on any atom is -0.495 e. The van der Waals surface area contributed by atoms with Crippen LogP contribution in [0.25, 0.3) is 0 Å². The number of ether oxygens (including phenoxy) is 2. The Morgan fingerprint density at radius 3 is 2.70 bits per heavy atom. The van der Waals surface area contributed by atoms with Crippen LogP contribution >= 0.6 is 0 Å². The van der Waals surface area contributed by atoms with Crippen molar-refractivity contribution < 1.29 is 14.3 Å². The molecule has 2 rings (SSSR count). The second kappa shape index (κ2) is 7.68. The van der Waals surface area contributed by atoms with Gasteiger partial charge in [0.2, 0.25) is 0 Å². The predicted molar refractivity (Wildman–Crippen MR) is 92.2 cm³/mol. The summed E-state index contributed by atoms with van der Waals surface area (Å²) >= 11 is 0. The Morgan fingerprint density at radius 2 is 2.04 bits per heavy atom. The number of para-hydroxylation sites is 2. The second-order valence-electron chi connectivity index (χ2n) is 6.31. The maximum absolute atomic E-state index is 12.7. The molecule has 0 radical (unpaired) electrons. The molecule has 0 saturated carbocycles. The van der Waals surface area contributed by atoms with Gasteiger partial charge in [0.25, 0.3) is 0 Å². The van der Waals surface area contributed by atoms with Crippen molar-refractivity contribution >= 4 is 11.8 Å². The highest BCUT2D eigenvalue weighted by atomic mass is 16.6. The molecule has 5 nitrogen and oxygen atoms in total. The van der Waals surface area contributed by atoms with Crippen LogP contribution in [0.1, 0.15) is 27.2 Å². The predicted octanol–water partition coefficient (Wildman–Crippen LogP) is 3.39. The van der Waals surface area contributed by atoms with E-state index < -0.39 is 0 Å². The van der Waals surface area contributed by atoms with E-state index in [-0.39, 0.29) is 12.1 Å². The summed E-state index contributed by atoms with van der Waals surface area (Å²) in [4.78, 5) is 16.8. The van der Waals surface area contributed by atoms with E-state index in [1.807, 2.05) is 31.2 Å². The number of carbonyl (C=O) groups excluding carboxylic acids is 1. The van der Waals surface area contributed by atoms with Crippen molar-refractivity contribution in [3.8, 4) is 5.75 Å². The van der Waals surface area contributed by atoms with Crippen LogP contribution in [-0.4, -0.2) is 50.4 Å². The van der Waals surface area contributed by atoms with Gasteiger partial charge in [0, 0.05) is 18.6 Å². The second-order valence-corrected chi connectivity index (χ2v) is 6.31. The lowest BCUT2D eigenvalue weighted by atomic mass is 9.88. The molecule has 3 atom stereocenters. The van der Waals surface area contributed by atoms with Crippen LogP contribution in [0.4, 0.5) is 10.5 Å². The number of hydrogen-bond donors (Lipinski definition) is 0. The van der Waals surface area contributed by atoms with Gasteiger partial charge in [-0.05, 0) is 45.4 Å². The maximum atomic E-state index is 12.7. The fourth-order valence-corrected chi connectivity index (χ4v) is 3.31. The summed E-state index contributed by atoms with van der Waals surface area (Å²) in [6.07, 6.45) is 0.611. The van der Waals surface area contributed by atoms with E-state index >= 15 is 0 Å². The number of hydrogen-bond acceptors (Lipinski definition) is 4. The minimum atomic E-state index is -0.300. The molecule has 0 spiro atoms. The van der Waals surface area contributed by atoms with E-state index in [2.05, 4.69) is 25.8 Å². The summed E-state index contributed by atoms with van der Waals surface area (Å²) in [6.45, 7) is 7.54. The van der Waals surface area contributed by atoms with Crippen LogP contribution in [0, 0.1) is 5.92 Å². The number of methoxy groups -OCH3 is 1. The number of benzene rings is 1. The highest BCUT2D eigenvalue weighted by Gasteiger charge is 2.37. The van der Waals surface area contributed by atoms with Crippen molar-refractivity contribution in [2.75, 3.05) is 32.2 Å². The summed E-state index contributed by atoms with van der Waals surface area (Å²) in [6, 6.07) is 8.15. The summed E-state index contributed by atoms with van der Waals surface area (Å²) in [7, 11) is 3.76. The van der Waals surface area contributed by atoms with Gasteiger partial charge in [0.05, 0.1) is 19.4 Å². The molecule has 1 aliphatic rings. The van der Waals surface area contributed by atoms with Crippen LogP contribution in [0.5, 0.6) is 5.75 Å². The Labute approximate surface area is 139 Å². The van der Waals surface area contributed by atoms with Crippen LogP contribution in [0.2, 0.25) is 0 Å². The standard InChI is InChI=1S/C18H28N2O3/c1-6-23-18(21)20(15-9-7-8-10-17(15)22-5)16-11-14(3)19(4)12-13(16)2/h7-10,13-14,16H,6,11-12H2,1-5H3. The summed E-state index contributed by atoms with van der Waals surface area (Å²) in [5.74, 6) is 1.05. The monoisotopic (exact) mass is 320 g/mol. The lowest BCUT2D eigenvalue weighted by Crippen LogP contribution is -2.54. The fourth-order valence-electron chi connectivity index (χ4n) is 3.31. The number of rotatable bonds is 4. The summed E-state index contributed by atoms with van der Waals surface area (Å²) < 4.78 is 10.8. The van der Waals surface area contributed by atoms with Gasteiger partial charge < -0.3 is 14.4 Å². The Bertz CT molecular complexity index is 535. The molecule has 1 fully saturated rings. The van der Waals surface area contributed by atoms with Crippen molar-refractivity contribution in [3.63, 3.8) is 0 Å². The molecule has 1 heterocycles. The Balaban J connectivity index is 2.40. The zero-order valence-corrected chi connectivity index (χ0v) is 14.8. The first-order valence-corrected chi connectivity index (χ1v) is 8.28. The van der Waals surface area contributed by atoms with Crippen molar-refractivity contribution in [1.82, 2.24) is 4.90 Å². The molecule has 128 valence electrons. The Morgan fingerprint density at radius 1 is 1.35 bits per heavy atom. The zero-order chi connectivity index (χ0) is 17.0. The van der Waals surface area contributed by atoms with Gasteiger partial charge in [0.15, 0.2) is 0 Å². The quantitative estimate of drug-likeness (QED) is 0.853. The van der Waals surface area contributed by atoms with Gasteiger partial charge in [-0.3, -0.25) is 4.90 Å². The molecule has 5 heteroatoms. The van der Waals surface area contributed by atoms with E-state index in [9.17, 15) is 4.79 Å². The van der Waals surface area contributed by atoms with Gasteiger partial charge in [-0.15, -0.1) is 0 Å². The van der Waals surface area contributed by atoms with Crippen molar-refractivity contribution in [1.29, 1.82) is 0 Å². The van der Waals surface area contributed by atoms with Crippen LogP contribution < -0.4 is 9.64 Å². The molecule has 1 saturated heterocycles. The minimum absolute atomic E-state index is 0.0940. The lowest BCUT2D eigenvalue weighted by Gasteiger charge is -2.44. The Hall–Kier alpha value is -1.75. The first-order valence-electron chi connectivity index (χ1n) is 8.28. The lowest BCUT2D eigenvalue weighted by molar-refractivity contribution is 0.118. The molecule has 23 heavy (non-hydrogen) atoms. The van der Waals surface area contributed by atoms with E-state index in [0.29, 0.717) is 24.3 Å². The smallest absolute Gasteiger partial charge is 0.414 e. The van der Waals surface area contributed by atoms with Crippen LogP contribution in [0.15, 0.2) is 24.3 Å². The molecule has 0 bridgehead atoms. The number of amides is 1. The SMILES string of the molecule is CCOC(=O)N(c1ccccc1OC)C1CC(C)N(C)CC1C. The maximum Gasteiger partial charge on any atom is 0.414 e. The van der Waals surface area contributed by atoms with Gasteiger partial charge >= 0.3 is 6.09 Å². The van der Waals surface area contributed by atoms with Crippen molar-refractivity contribution in [3.05, 3.63) is 24.3 Å². The van der Waals surface area contributed by atoms with E-state index in [1.165, 1.54) is 0 Å². The van der Waals surface area contributed by atoms with E-state index in [0.717, 1.165) is 18.7 Å².